The molecule has 1 aromatic rings. The summed E-state index contributed by atoms with van der Waals surface area (Å²) in [5.41, 5.74) is -0.882. The highest BCUT2D eigenvalue weighted by molar-refractivity contribution is 5.90. The van der Waals surface area contributed by atoms with E-state index >= 15 is 0 Å². The molecular weight excluding hydrogens is 268 g/mol. The summed E-state index contributed by atoms with van der Waals surface area (Å²) in [6, 6.07) is 2.32. The Morgan fingerprint density at radius 2 is 2.05 bits per heavy atom. The molecule has 2 atom stereocenters. The van der Waals surface area contributed by atoms with E-state index in [1.807, 2.05) is 13.8 Å². The maximum atomic E-state index is 13.9. The lowest BCUT2D eigenvalue weighted by molar-refractivity contribution is -0.0511. The first-order valence-electron chi connectivity index (χ1n) is 6.30. The summed E-state index contributed by atoms with van der Waals surface area (Å²) < 4.78 is 32.1. The molecule has 1 fully saturated rings. The third kappa shape index (κ3) is 2.24. The lowest BCUT2D eigenvalue weighted by atomic mass is 9.64. The zero-order chi connectivity index (χ0) is 15.1. The molecule has 0 saturated heterocycles. The van der Waals surface area contributed by atoms with E-state index in [2.05, 4.69) is 10.1 Å². The van der Waals surface area contributed by atoms with Crippen LogP contribution in [0, 0.1) is 17.0 Å². The number of esters is 1. The van der Waals surface area contributed by atoms with Gasteiger partial charge < -0.3 is 15.2 Å². The van der Waals surface area contributed by atoms with Gasteiger partial charge in [0.1, 0.15) is 0 Å². The van der Waals surface area contributed by atoms with Gasteiger partial charge in [-0.05, 0) is 18.6 Å². The van der Waals surface area contributed by atoms with E-state index in [1.54, 1.807) is 0 Å². The Morgan fingerprint density at radius 1 is 1.40 bits per heavy atom. The quantitative estimate of drug-likeness (QED) is 0.837. The number of carbonyl (C=O) groups excluding carboxylic acids is 1. The predicted molar refractivity (Wildman–Crippen MR) is 69.5 cm³/mol. The summed E-state index contributed by atoms with van der Waals surface area (Å²) in [7, 11) is 1.10. The number of benzene rings is 1. The summed E-state index contributed by atoms with van der Waals surface area (Å²) in [6.45, 7) is 3.69. The van der Waals surface area contributed by atoms with Gasteiger partial charge >= 0.3 is 5.97 Å². The molecule has 6 heteroatoms. The molecule has 0 radical (unpaired) electrons. The first-order chi connectivity index (χ1) is 9.28. The Bertz CT molecular complexity index is 545. The molecule has 0 heterocycles. The number of hydrogen-bond donors (Lipinski definition) is 2. The topological polar surface area (TPSA) is 58.6 Å². The third-order valence-electron chi connectivity index (χ3n) is 4.03. The number of halogens is 2. The summed E-state index contributed by atoms with van der Waals surface area (Å²) >= 11 is 0. The Morgan fingerprint density at radius 3 is 2.55 bits per heavy atom. The van der Waals surface area contributed by atoms with Gasteiger partial charge in [-0.25, -0.2) is 13.6 Å². The monoisotopic (exact) mass is 285 g/mol. The molecule has 20 heavy (non-hydrogen) atoms. The molecule has 1 aliphatic carbocycles. The molecule has 0 amide bonds. The van der Waals surface area contributed by atoms with Crippen LogP contribution in [0.1, 0.15) is 30.6 Å². The highest BCUT2D eigenvalue weighted by Gasteiger charge is 2.47. The lowest BCUT2D eigenvalue weighted by Gasteiger charge is -2.49. The number of aliphatic hydroxyl groups is 1. The number of rotatable bonds is 3. The van der Waals surface area contributed by atoms with Crippen LogP contribution in [0.25, 0.3) is 0 Å². The fourth-order valence-electron chi connectivity index (χ4n) is 2.26. The van der Waals surface area contributed by atoms with Crippen molar-refractivity contribution in [2.45, 2.75) is 32.4 Å². The van der Waals surface area contributed by atoms with E-state index < -0.39 is 34.7 Å². The molecule has 0 spiro atoms. The standard InChI is InChI=1S/C14H17F2NO3/c1-14(2)9(6-10(14)18)17-8-5-4-7(13(19)20-3)11(15)12(8)16/h4-5,9-10,17-18H,6H2,1-3H3. The smallest absolute Gasteiger partial charge is 0.340 e. The molecule has 0 bridgehead atoms. The minimum Gasteiger partial charge on any atom is -0.465 e. The van der Waals surface area contributed by atoms with Gasteiger partial charge in [-0.1, -0.05) is 13.8 Å². The van der Waals surface area contributed by atoms with Crippen LogP contribution < -0.4 is 5.32 Å². The SMILES string of the molecule is COC(=O)c1ccc(NC2CC(O)C2(C)C)c(F)c1F. The predicted octanol–water partition coefficient (Wildman–Crippen LogP) is 2.32. The second kappa shape index (κ2) is 5.01. The molecule has 0 aromatic heterocycles. The number of aliphatic hydroxyl groups excluding tert-OH is 1. The second-order valence-corrected chi connectivity index (χ2v) is 5.55. The number of methoxy groups -OCH3 is 1. The van der Waals surface area contributed by atoms with Crippen LogP contribution in [0.2, 0.25) is 0 Å². The van der Waals surface area contributed by atoms with Gasteiger partial charge in [-0.3, -0.25) is 0 Å². The molecule has 0 aliphatic heterocycles. The molecule has 2 rings (SSSR count). The van der Waals surface area contributed by atoms with E-state index in [4.69, 9.17) is 0 Å². The summed E-state index contributed by atoms with van der Waals surface area (Å²) in [5.74, 6) is -3.28. The Balaban J connectivity index is 2.23. The van der Waals surface area contributed by atoms with Crippen molar-refractivity contribution >= 4 is 11.7 Å². The van der Waals surface area contributed by atoms with E-state index in [0.29, 0.717) is 6.42 Å². The van der Waals surface area contributed by atoms with Crippen LogP contribution in [0.15, 0.2) is 12.1 Å². The first kappa shape index (κ1) is 14.7. The van der Waals surface area contributed by atoms with Crippen molar-refractivity contribution in [3.63, 3.8) is 0 Å². The number of nitrogens with one attached hydrogen (secondary N) is 1. The largest absolute Gasteiger partial charge is 0.465 e. The van der Waals surface area contributed by atoms with Crippen molar-refractivity contribution in [3.8, 4) is 0 Å². The summed E-state index contributed by atoms with van der Waals surface area (Å²) in [5, 5.41) is 12.5. The highest BCUT2D eigenvalue weighted by atomic mass is 19.2. The van der Waals surface area contributed by atoms with Crippen molar-refractivity contribution in [2.24, 2.45) is 5.41 Å². The lowest BCUT2D eigenvalue weighted by Crippen LogP contribution is -2.57. The molecule has 2 N–H and O–H groups in total. The van der Waals surface area contributed by atoms with E-state index in [1.165, 1.54) is 12.1 Å². The maximum Gasteiger partial charge on any atom is 0.340 e. The molecule has 1 aromatic carbocycles. The van der Waals surface area contributed by atoms with Crippen molar-refractivity contribution in [1.82, 2.24) is 0 Å². The normalized spacial score (nSPS) is 23.9. The van der Waals surface area contributed by atoms with Gasteiger partial charge in [0.25, 0.3) is 0 Å². The van der Waals surface area contributed by atoms with Crippen molar-refractivity contribution in [3.05, 3.63) is 29.3 Å². The van der Waals surface area contributed by atoms with Crippen LogP contribution in [0.4, 0.5) is 14.5 Å². The van der Waals surface area contributed by atoms with E-state index in [0.717, 1.165) is 7.11 Å². The van der Waals surface area contributed by atoms with Crippen LogP contribution in [-0.2, 0) is 4.74 Å². The molecular formula is C14H17F2NO3. The van der Waals surface area contributed by atoms with Gasteiger partial charge in [0.2, 0.25) is 0 Å². The third-order valence-corrected chi connectivity index (χ3v) is 4.03. The van der Waals surface area contributed by atoms with Crippen LogP contribution in [0.5, 0.6) is 0 Å². The average molecular weight is 285 g/mol. The molecule has 2 unspecified atom stereocenters. The zero-order valence-corrected chi connectivity index (χ0v) is 11.5. The molecule has 4 nitrogen and oxygen atoms in total. The number of anilines is 1. The molecule has 110 valence electrons. The summed E-state index contributed by atoms with van der Waals surface area (Å²) in [6.07, 6.45) is -0.00505. The minimum atomic E-state index is -1.24. The van der Waals surface area contributed by atoms with Crippen LogP contribution >= 0.6 is 0 Å². The van der Waals surface area contributed by atoms with Crippen molar-refractivity contribution in [2.75, 3.05) is 12.4 Å². The fraction of sp³-hybridized carbons (Fsp3) is 0.500. The van der Waals surface area contributed by atoms with Gasteiger partial charge in [-0.15, -0.1) is 0 Å². The Hall–Kier alpha value is -1.69. The Labute approximate surface area is 115 Å². The zero-order valence-electron chi connectivity index (χ0n) is 11.5. The highest BCUT2D eigenvalue weighted by Crippen LogP contribution is 2.42. The van der Waals surface area contributed by atoms with E-state index in [9.17, 15) is 18.7 Å². The van der Waals surface area contributed by atoms with Crippen molar-refractivity contribution in [1.29, 1.82) is 0 Å². The number of carbonyl (C=O) groups is 1. The average Bonchev–Trinajstić information content (AvgIpc) is 2.42. The Kier molecular flexibility index (Phi) is 3.69. The van der Waals surface area contributed by atoms with Crippen LogP contribution in [0.3, 0.4) is 0 Å². The van der Waals surface area contributed by atoms with E-state index in [-0.39, 0.29) is 11.7 Å². The van der Waals surface area contributed by atoms with Crippen LogP contribution in [-0.4, -0.2) is 30.3 Å². The second-order valence-electron chi connectivity index (χ2n) is 5.55. The minimum absolute atomic E-state index is 0.0277. The number of hydrogen-bond acceptors (Lipinski definition) is 4. The molecule has 1 saturated carbocycles. The van der Waals surface area contributed by atoms with Gasteiger partial charge in [0, 0.05) is 11.5 Å². The maximum absolute atomic E-state index is 13.9. The van der Waals surface area contributed by atoms with Gasteiger partial charge in [0.05, 0.1) is 24.5 Å². The summed E-state index contributed by atoms with van der Waals surface area (Å²) in [4.78, 5) is 11.3. The fourth-order valence-corrected chi connectivity index (χ4v) is 2.26. The molecule has 1 aliphatic rings. The number of ether oxygens (including phenoxy) is 1. The first-order valence-corrected chi connectivity index (χ1v) is 6.30. The van der Waals surface area contributed by atoms with Crippen molar-refractivity contribution < 1.29 is 23.4 Å². The van der Waals surface area contributed by atoms with Gasteiger partial charge in [-0.2, -0.15) is 0 Å². The van der Waals surface area contributed by atoms with Gasteiger partial charge in [0.15, 0.2) is 11.6 Å².